The molecule has 5 nitrogen and oxygen atoms in total. The van der Waals surface area contributed by atoms with Crippen molar-refractivity contribution < 1.29 is 14.7 Å². The summed E-state index contributed by atoms with van der Waals surface area (Å²) < 4.78 is 0. The molecule has 2 rings (SSSR count). The first-order valence-corrected chi connectivity index (χ1v) is 7.27. The van der Waals surface area contributed by atoms with Crippen LogP contribution in [0.3, 0.4) is 0 Å². The van der Waals surface area contributed by atoms with Gasteiger partial charge in [-0.1, -0.05) is 6.92 Å². The fraction of sp³-hybridized carbons (Fsp3) is 0.857. The number of aliphatic carboxylic acids is 1. The lowest BCUT2D eigenvalue weighted by atomic mass is 9.82. The zero-order chi connectivity index (χ0) is 14.0. The number of nitrogens with zero attached hydrogens (tertiary/aromatic N) is 2. The number of piperidine rings is 1. The van der Waals surface area contributed by atoms with Gasteiger partial charge in [0.05, 0.1) is 5.41 Å². The van der Waals surface area contributed by atoms with Crippen molar-refractivity contribution in [2.45, 2.75) is 52.0 Å². The summed E-state index contributed by atoms with van der Waals surface area (Å²) in [6.45, 7) is 5.70. The maximum atomic E-state index is 12.5. The topological polar surface area (TPSA) is 60.9 Å². The van der Waals surface area contributed by atoms with Crippen molar-refractivity contribution in [3.8, 4) is 0 Å². The number of carboxylic acid groups (broad SMARTS) is 1. The average Bonchev–Trinajstić information content (AvgIpc) is 2.86. The molecule has 0 aromatic carbocycles. The zero-order valence-corrected chi connectivity index (χ0v) is 11.9. The molecule has 0 saturated carbocycles. The minimum absolute atomic E-state index is 0.0384. The Labute approximate surface area is 114 Å². The van der Waals surface area contributed by atoms with Gasteiger partial charge in [-0.15, -0.1) is 0 Å². The highest BCUT2D eigenvalue weighted by atomic mass is 16.4. The number of hydrogen-bond acceptors (Lipinski definition) is 2. The molecule has 2 aliphatic rings. The molecule has 0 aromatic rings. The Balaban J connectivity index is 2.05. The van der Waals surface area contributed by atoms with E-state index in [1.807, 2.05) is 4.90 Å². The summed E-state index contributed by atoms with van der Waals surface area (Å²) >= 11 is 0. The molecular weight excluding hydrogens is 244 g/mol. The van der Waals surface area contributed by atoms with Crippen molar-refractivity contribution >= 4 is 12.0 Å². The van der Waals surface area contributed by atoms with Crippen molar-refractivity contribution in [3.05, 3.63) is 0 Å². The lowest BCUT2D eigenvalue weighted by Crippen LogP contribution is -2.53. The largest absolute Gasteiger partial charge is 0.481 e. The van der Waals surface area contributed by atoms with Crippen LogP contribution in [0.2, 0.25) is 0 Å². The standard InChI is InChI=1S/C14H24N2O3/c1-3-11-6-4-9-16(11)13(19)15-8-5-7-14(2,10-15)12(17)18/h11H,3-10H2,1-2H3,(H,17,18). The van der Waals surface area contributed by atoms with E-state index >= 15 is 0 Å². The molecule has 5 heteroatoms. The fourth-order valence-electron chi connectivity index (χ4n) is 3.27. The summed E-state index contributed by atoms with van der Waals surface area (Å²) in [5, 5.41) is 9.31. The van der Waals surface area contributed by atoms with Crippen LogP contribution >= 0.6 is 0 Å². The molecule has 108 valence electrons. The zero-order valence-electron chi connectivity index (χ0n) is 11.9. The molecule has 2 saturated heterocycles. The van der Waals surface area contributed by atoms with Crippen molar-refractivity contribution in [1.29, 1.82) is 0 Å². The summed E-state index contributed by atoms with van der Waals surface area (Å²) in [5.74, 6) is -0.793. The first-order valence-electron chi connectivity index (χ1n) is 7.27. The third kappa shape index (κ3) is 2.69. The molecule has 19 heavy (non-hydrogen) atoms. The minimum atomic E-state index is -0.793. The van der Waals surface area contributed by atoms with Crippen LogP contribution in [0.25, 0.3) is 0 Å². The third-order valence-corrected chi connectivity index (χ3v) is 4.58. The van der Waals surface area contributed by atoms with Crippen LogP contribution in [0.5, 0.6) is 0 Å². The molecule has 2 aliphatic heterocycles. The number of carbonyl (C=O) groups is 2. The van der Waals surface area contributed by atoms with Crippen LogP contribution in [-0.4, -0.2) is 52.6 Å². The van der Waals surface area contributed by atoms with Crippen LogP contribution in [0.1, 0.15) is 46.0 Å². The van der Waals surface area contributed by atoms with Gasteiger partial charge >= 0.3 is 12.0 Å². The Morgan fingerprint density at radius 3 is 2.68 bits per heavy atom. The van der Waals surface area contributed by atoms with E-state index in [2.05, 4.69) is 6.92 Å². The first kappa shape index (κ1) is 14.2. The maximum absolute atomic E-state index is 12.5. The number of carbonyl (C=O) groups excluding carboxylic acids is 1. The lowest BCUT2D eigenvalue weighted by Gasteiger charge is -2.40. The van der Waals surface area contributed by atoms with Crippen LogP contribution in [-0.2, 0) is 4.79 Å². The summed E-state index contributed by atoms with van der Waals surface area (Å²) in [6, 6.07) is 0.377. The van der Waals surface area contributed by atoms with E-state index in [1.54, 1.807) is 11.8 Å². The average molecular weight is 268 g/mol. The second-order valence-corrected chi connectivity index (χ2v) is 6.07. The van der Waals surface area contributed by atoms with E-state index in [0.717, 1.165) is 32.2 Å². The highest BCUT2D eigenvalue weighted by Gasteiger charge is 2.41. The number of urea groups is 1. The summed E-state index contributed by atoms with van der Waals surface area (Å²) in [4.78, 5) is 27.6. The van der Waals surface area contributed by atoms with Crippen molar-refractivity contribution in [2.24, 2.45) is 5.41 Å². The number of hydrogen-bond donors (Lipinski definition) is 1. The van der Waals surface area contributed by atoms with E-state index < -0.39 is 11.4 Å². The second kappa shape index (κ2) is 5.39. The number of rotatable bonds is 2. The molecule has 1 N–H and O–H groups in total. The number of carboxylic acids is 1. The fourth-order valence-corrected chi connectivity index (χ4v) is 3.27. The minimum Gasteiger partial charge on any atom is -0.481 e. The van der Waals surface area contributed by atoms with Gasteiger partial charge in [0, 0.05) is 25.7 Å². The van der Waals surface area contributed by atoms with Crippen LogP contribution in [0, 0.1) is 5.41 Å². The molecule has 0 aromatic heterocycles. The smallest absolute Gasteiger partial charge is 0.320 e. The quantitative estimate of drug-likeness (QED) is 0.835. The van der Waals surface area contributed by atoms with Gasteiger partial charge in [-0.2, -0.15) is 0 Å². The first-order chi connectivity index (χ1) is 8.98. The molecule has 2 heterocycles. The Bertz CT molecular complexity index is 372. The number of likely N-dealkylation sites (tertiary alicyclic amines) is 2. The summed E-state index contributed by atoms with van der Waals surface area (Å²) in [5.41, 5.74) is -0.782. The van der Waals surface area contributed by atoms with Gasteiger partial charge in [0.25, 0.3) is 0 Å². The summed E-state index contributed by atoms with van der Waals surface area (Å²) in [6.07, 6.45) is 4.55. The maximum Gasteiger partial charge on any atom is 0.320 e. The van der Waals surface area contributed by atoms with Crippen molar-refractivity contribution in [2.75, 3.05) is 19.6 Å². The molecule has 2 unspecified atom stereocenters. The number of amides is 2. The molecule has 0 spiro atoms. The monoisotopic (exact) mass is 268 g/mol. The SMILES string of the molecule is CCC1CCCN1C(=O)N1CCCC(C)(C(=O)O)C1. The highest BCUT2D eigenvalue weighted by Crippen LogP contribution is 2.31. The Morgan fingerprint density at radius 1 is 1.32 bits per heavy atom. The van der Waals surface area contributed by atoms with Gasteiger partial charge in [-0.3, -0.25) is 4.79 Å². The molecule has 0 bridgehead atoms. The van der Waals surface area contributed by atoms with E-state index in [0.29, 0.717) is 25.6 Å². The van der Waals surface area contributed by atoms with Gasteiger partial charge in [-0.25, -0.2) is 4.79 Å². The summed E-state index contributed by atoms with van der Waals surface area (Å²) in [7, 11) is 0. The van der Waals surface area contributed by atoms with Gasteiger partial charge in [0.15, 0.2) is 0 Å². The highest BCUT2D eigenvalue weighted by molar-refractivity contribution is 5.79. The second-order valence-electron chi connectivity index (χ2n) is 6.07. The van der Waals surface area contributed by atoms with E-state index in [4.69, 9.17) is 0 Å². The van der Waals surface area contributed by atoms with Crippen LogP contribution < -0.4 is 0 Å². The van der Waals surface area contributed by atoms with Gasteiger partial charge in [-0.05, 0) is 39.0 Å². The van der Waals surface area contributed by atoms with E-state index in [-0.39, 0.29) is 6.03 Å². The third-order valence-electron chi connectivity index (χ3n) is 4.58. The van der Waals surface area contributed by atoms with Crippen molar-refractivity contribution in [3.63, 3.8) is 0 Å². The molecule has 0 radical (unpaired) electrons. The van der Waals surface area contributed by atoms with Gasteiger partial charge < -0.3 is 14.9 Å². The normalized spacial score (nSPS) is 31.6. The van der Waals surface area contributed by atoms with Crippen LogP contribution in [0.15, 0.2) is 0 Å². The molecule has 2 amide bonds. The molecule has 2 atom stereocenters. The van der Waals surface area contributed by atoms with Crippen molar-refractivity contribution in [1.82, 2.24) is 9.80 Å². The molecular formula is C14H24N2O3. The lowest BCUT2D eigenvalue weighted by molar-refractivity contribution is -0.150. The van der Waals surface area contributed by atoms with E-state index in [9.17, 15) is 14.7 Å². The predicted octanol–water partition coefficient (Wildman–Crippen LogP) is 2.17. The van der Waals surface area contributed by atoms with Gasteiger partial charge in [0.2, 0.25) is 0 Å². The Kier molecular flexibility index (Phi) is 4.02. The molecule has 0 aliphatic carbocycles. The van der Waals surface area contributed by atoms with Gasteiger partial charge in [0.1, 0.15) is 0 Å². The Morgan fingerprint density at radius 2 is 2.05 bits per heavy atom. The van der Waals surface area contributed by atoms with Crippen LogP contribution in [0.4, 0.5) is 4.79 Å². The Hall–Kier alpha value is -1.26. The van der Waals surface area contributed by atoms with E-state index in [1.165, 1.54) is 0 Å². The predicted molar refractivity (Wildman–Crippen MR) is 72.0 cm³/mol. The molecule has 2 fully saturated rings.